The van der Waals surface area contributed by atoms with E-state index < -0.39 is 40.4 Å². The van der Waals surface area contributed by atoms with Crippen LogP contribution in [0.2, 0.25) is 0 Å². The molecule has 2 aliphatic heterocycles. The van der Waals surface area contributed by atoms with Gasteiger partial charge in [0.1, 0.15) is 11.9 Å². The van der Waals surface area contributed by atoms with E-state index in [1.807, 2.05) is 19.1 Å². The quantitative estimate of drug-likeness (QED) is 0.818. The molecule has 1 aromatic carbocycles. The zero-order valence-corrected chi connectivity index (χ0v) is 14.7. The van der Waals surface area contributed by atoms with E-state index in [2.05, 4.69) is 6.07 Å². The Hall–Kier alpha value is -2.95. The Morgan fingerprint density at radius 3 is 2.59 bits per heavy atom. The number of ether oxygens (including phenoxy) is 2. The molecule has 1 aliphatic carbocycles. The fraction of sp³-hybridized carbons (Fsp3) is 0.500. The van der Waals surface area contributed by atoms with Crippen LogP contribution in [0.25, 0.3) is 0 Å². The summed E-state index contributed by atoms with van der Waals surface area (Å²) < 4.78 is 25.9. The molecule has 6 nitrogen and oxygen atoms in total. The molecule has 1 saturated carbocycles. The SMILES string of the molecule is CC1CCC23OC(=N)C(C#N)(C2C1)C(C#N)(C#N)C(c1cccc(F)c1)O3. The smallest absolute Gasteiger partial charge is 0.217 e. The summed E-state index contributed by atoms with van der Waals surface area (Å²) >= 11 is 0. The molecule has 0 spiro atoms. The van der Waals surface area contributed by atoms with E-state index in [0.717, 1.165) is 6.42 Å². The van der Waals surface area contributed by atoms with E-state index in [1.54, 1.807) is 6.07 Å². The lowest BCUT2D eigenvalue weighted by Crippen LogP contribution is -2.60. The van der Waals surface area contributed by atoms with Gasteiger partial charge in [-0.25, -0.2) is 4.39 Å². The van der Waals surface area contributed by atoms with E-state index in [-0.39, 0.29) is 11.5 Å². The molecular formula is C20H17FN4O2. The average Bonchev–Trinajstić information content (AvgIpc) is 2.86. The molecule has 1 aromatic rings. The zero-order valence-electron chi connectivity index (χ0n) is 14.7. The number of hydrogen-bond acceptors (Lipinski definition) is 6. The van der Waals surface area contributed by atoms with Crippen molar-refractivity contribution in [3.63, 3.8) is 0 Å². The Morgan fingerprint density at radius 2 is 1.96 bits per heavy atom. The summed E-state index contributed by atoms with van der Waals surface area (Å²) in [7, 11) is 0. The van der Waals surface area contributed by atoms with Crippen molar-refractivity contribution >= 4 is 5.90 Å². The van der Waals surface area contributed by atoms with Crippen LogP contribution in [0.5, 0.6) is 0 Å². The largest absolute Gasteiger partial charge is 0.447 e. The van der Waals surface area contributed by atoms with Gasteiger partial charge >= 0.3 is 0 Å². The van der Waals surface area contributed by atoms with Crippen molar-refractivity contribution in [2.45, 2.75) is 38.1 Å². The molecule has 3 fully saturated rings. The summed E-state index contributed by atoms with van der Waals surface area (Å²) in [6, 6.07) is 11.5. The highest BCUT2D eigenvalue weighted by molar-refractivity contribution is 5.89. The second kappa shape index (κ2) is 5.52. The highest BCUT2D eigenvalue weighted by atomic mass is 19.1. The second-order valence-corrected chi connectivity index (χ2v) is 7.68. The number of halogens is 1. The maximum Gasteiger partial charge on any atom is 0.217 e. The van der Waals surface area contributed by atoms with E-state index in [9.17, 15) is 20.2 Å². The first-order chi connectivity index (χ1) is 12.9. The summed E-state index contributed by atoms with van der Waals surface area (Å²) in [4.78, 5) is 0. The maximum atomic E-state index is 13.9. The Labute approximate surface area is 156 Å². The van der Waals surface area contributed by atoms with Gasteiger partial charge in [-0.2, -0.15) is 15.8 Å². The first-order valence-corrected chi connectivity index (χ1v) is 8.84. The van der Waals surface area contributed by atoms with E-state index >= 15 is 0 Å². The van der Waals surface area contributed by atoms with E-state index in [0.29, 0.717) is 12.8 Å². The Kier molecular flexibility index (Phi) is 3.57. The molecule has 5 unspecified atom stereocenters. The third kappa shape index (κ3) is 1.91. The molecule has 3 aliphatic rings. The lowest BCUT2D eigenvalue weighted by atomic mass is 9.50. The average molecular weight is 364 g/mol. The molecule has 2 heterocycles. The lowest BCUT2D eigenvalue weighted by Gasteiger charge is -2.52. The van der Waals surface area contributed by atoms with Crippen LogP contribution >= 0.6 is 0 Å². The van der Waals surface area contributed by atoms with Crippen LogP contribution in [0.3, 0.4) is 0 Å². The molecular weight excluding hydrogens is 347 g/mol. The summed E-state index contributed by atoms with van der Waals surface area (Å²) in [5.41, 5.74) is -3.50. The van der Waals surface area contributed by atoms with Gasteiger partial charge in [0.2, 0.25) is 17.1 Å². The van der Waals surface area contributed by atoms with Crippen molar-refractivity contribution in [2.24, 2.45) is 22.7 Å². The lowest BCUT2D eigenvalue weighted by molar-refractivity contribution is -0.298. The normalized spacial score (nSPS) is 38.6. The Bertz CT molecular complexity index is 944. The minimum Gasteiger partial charge on any atom is -0.447 e. The highest BCUT2D eigenvalue weighted by Gasteiger charge is 2.80. The molecule has 7 heteroatoms. The fourth-order valence-electron chi connectivity index (χ4n) is 5.00. The first kappa shape index (κ1) is 17.5. The number of nitrogens with zero attached hydrogens (tertiary/aromatic N) is 3. The molecule has 0 amide bonds. The van der Waals surface area contributed by atoms with Gasteiger partial charge in [0.25, 0.3) is 0 Å². The van der Waals surface area contributed by atoms with Gasteiger partial charge in [0.15, 0.2) is 5.41 Å². The van der Waals surface area contributed by atoms with Crippen LogP contribution in [0, 0.1) is 67.9 Å². The molecule has 4 rings (SSSR count). The summed E-state index contributed by atoms with van der Waals surface area (Å²) in [5.74, 6) is -2.53. The number of benzene rings is 1. The summed E-state index contributed by atoms with van der Waals surface area (Å²) in [5, 5.41) is 38.8. The fourth-order valence-corrected chi connectivity index (χ4v) is 5.00. The number of rotatable bonds is 1. The van der Waals surface area contributed by atoms with Crippen molar-refractivity contribution in [3.8, 4) is 18.2 Å². The van der Waals surface area contributed by atoms with Gasteiger partial charge in [-0.05, 0) is 36.5 Å². The number of hydrogen-bond donors (Lipinski definition) is 1. The first-order valence-electron chi connectivity index (χ1n) is 8.84. The van der Waals surface area contributed by atoms with Crippen molar-refractivity contribution in [1.82, 2.24) is 0 Å². The third-order valence-electron chi connectivity index (χ3n) is 6.32. The predicted octanol–water partition coefficient (Wildman–Crippen LogP) is 3.58. The van der Waals surface area contributed by atoms with Gasteiger partial charge in [-0.15, -0.1) is 0 Å². The van der Waals surface area contributed by atoms with Crippen molar-refractivity contribution in [1.29, 1.82) is 21.2 Å². The predicted molar refractivity (Wildman–Crippen MR) is 90.0 cm³/mol. The van der Waals surface area contributed by atoms with Gasteiger partial charge in [-0.1, -0.05) is 19.1 Å². The summed E-state index contributed by atoms with van der Waals surface area (Å²) in [6.45, 7) is 2.03. The molecule has 2 saturated heterocycles. The van der Waals surface area contributed by atoms with E-state index in [4.69, 9.17) is 14.9 Å². The topological polar surface area (TPSA) is 114 Å². The second-order valence-electron chi connectivity index (χ2n) is 7.68. The van der Waals surface area contributed by atoms with Crippen LogP contribution in [-0.2, 0) is 9.47 Å². The van der Waals surface area contributed by atoms with Crippen LogP contribution in [0.4, 0.5) is 4.39 Å². The van der Waals surface area contributed by atoms with Crippen molar-refractivity contribution < 1.29 is 13.9 Å². The number of nitrogens with one attached hydrogen (secondary N) is 1. The highest BCUT2D eigenvalue weighted by Crippen LogP contribution is 2.69. The molecule has 5 atom stereocenters. The number of nitriles is 3. The van der Waals surface area contributed by atoms with Gasteiger partial charge in [-0.3, -0.25) is 5.41 Å². The van der Waals surface area contributed by atoms with Crippen LogP contribution in [-0.4, -0.2) is 11.7 Å². The zero-order chi connectivity index (χ0) is 19.4. The molecule has 27 heavy (non-hydrogen) atoms. The maximum absolute atomic E-state index is 13.9. The standard InChI is InChI=1S/C20H17FN4O2/c1-12-5-6-20-15(7-12)19(11-24,17(25)27-20)18(9-22,10-23)16(26-20)13-3-2-4-14(21)8-13/h2-4,8,12,15-16,25H,5-7H2,1H3. The van der Waals surface area contributed by atoms with Crippen molar-refractivity contribution in [3.05, 3.63) is 35.6 Å². The Balaban J connectivity index is 2.00. The monoisotopic (exact) mass is 364 g/mol. The Morgan fingerprint density at radius 1 is 1.22 bits per heavy atom. The summed E-state index contributed by atoms with van der Waals surface area (Å²) in [6.07, 6.45) is 0.531. The molecule has 0 radical (unpaired) electrons. The van der Waals surface area contributed by atoms with Gasteiger partial charge in [0.05, 0.1) is 24.1 Å². The van der Waals surface area contributed by atoms with Gasteiger partial charge < -0.3 is 9.47 Å². The van der Waals surface area contributed by atoms with Crippen LogP contribution in [0.1, 0.15) is 37.9 Å². The molecule has 2 bridgehead atoms. The minimum absolute atomic E-state index is 0.245. The van der Waals surface area contributed by atoms with Crippen LogP contribution < -0.4 is 0 Å². The van der Waals surface area contributed by atoms with Gasteiger partial charge in [0, 0.05) is 6.42 Å². The molecule has 136 valence electrons. The van der Waals surface area contributed by atoms with Crippen molar-refractivity contribution in [2.75, 3.05) is 0 Å². The van der Waals surface area contributed by atoms with E-state index in [1.165, 1.54) is 18.2 Å². The van der Waals surface area contributed by atoms with Crippen LogP contribution in [0.15, 0.2) is 24.3 Å². The molecule has 0 aromatic heterocycles. The molecule has 1 N–H and O–H groups in total. The minimum atomic E-state index is -2.02. The third-order valence-corrected chi connectivity index (χ3v) is 6.32.